The third-order valence-corrected chi connectivity index (χ3v) is 5.98. The Balaban J connectivity index is 1.62. The molecule has 2 atom stereocenters. The molecule has 1 aromatic carbocycles. The van der Waals surface area contributed by atoms with Crippen LogP contribution in [0.2, 0.25) is 0 Å². The molecular weight excluding hydrogens is 330 g/mol. The Hall–Kier alpha value is -1.75. The van der Waals surface area contributed by atoms with Gasteiger partial charge in [0.05, 0.1) is 11.4 Å². The smallest absolute Gasteiger partial charge is 0.230 e. The van der Waals surface area contributed by atoms with E-state index in [1.807, 2.05) is 6.20 Å². The Morgan fingerprint density at radius 2 is 2.12 bits per heavy atom. The Morgan fingerprint density at radius 3 is 2.88 bits per heavy atom. The van der Waals surface area contributed by atoms with Crippen LogP contribution in [0.4, 0.5) is 0 Å². The predicted octanol–water partition coefficient (Wildman–Crippen LogP) is 4.28. The van der Waals surface area contributed by atoms with Crippen LogP contribution in [-0.2, 0) is 4.79 Å². The van der Waals surface area contributed by atoms with E-state index in [0.29, 0.717) is 17.7 Å². The number of carbonyl (C=O) groups is 1. The number of hydrogen-bond donors (Lipinski definition) is 1. The molecule has 134 valence electrons. The van der Waals surface area contributed by atoms with Crippen LogP contribution in [0, 0.1) is 19.8 Å². The van der Waals surface area contributed by atoms with Crippen LogP contribution in [0.5, 0.6) is 0 Å². The third-order valence-electron chi connectivity index (χ3n) is 5.01. The normalized spacial score (nSPS) is 20.4. The average Bonchev–Trinajstić information content (AvgIpc) is 3.03. The van der Waals surface area contributed by atoms with Crippen LogP contribution in [-0.4, -0.2) is 27.3 Å². The van der Waals surface area contributed by atoms with E-state index in [4.69, 9.17) is 0 Å². The lowest BCUT2D eigenvalue weighted by atomic mass is 9.86. The molecule has 0 spiro atoms. The molecule has 1 N–H and O–H groups in total. The topological polar surface area (TPSA) is 46.9 Å². The highest BCUT2D eigenvalue weighted by Gasteiger charge is 2.23. The van der Waals surface area contributed by atoms with Gasteiger partial charge in [-0.1, -0.05) is 49.2 Å². The van der Waals surface area contributed by atoms with E-state index in [9.17, 15) is 4.79 Å². The van der Waals surface area contributed by atoms with Gasteiger partial charge in [0.2, 0.25) is 5.91 Å². The van der Waals surface area contributed by atoms with Crippen molar-refractivity contribution in [2.24, 2.45) is 5.92 Å². The molecule has 1 aromatic heterocycles. The molecule has 1 aliphatic rings. The molecule has 0 radical (unpaired) electrons. The van der Waals surface area contributed by atoms with Crippen molar-refractivity contribution >= 4 is 17.7 Å². The standard InChI is InChI=1S/C20H27N3OS/c1-14-8-9-18(16(3)12-14)23-11-10-21-20(23)25-13-19(24)22-17-7-5-4-6-15(17)2/h8-12,15,17H,4-7,13H2,1-3H3,(H,22,24)/t15-,17+/m0/s1. The van der Waals surface area contributed by atoms with Crippen molar-refractivity contribution in [3.05, 3.63) is 41.7 Å². The van der Waals surface area contributed by atoms with Gasteiger partial charge in [-0.25, -0.2) is 4.98 Å². The summed E-state index contributed by atoms with van der Waals surface area (Å²) in [6, 6.07) is 6.72. The minimum absolute atomic E-state index is 0.110. The number of rotatable bonds is 5. The lowest BCUT2D eigenvalue weighted by Gasteiger charge is -2.29. The van der Waals surface area contributed by atoms with E-state index in [1.54, 1.807) is 6.20 Å². The van der Waals surface area contributed by atoms with Crippen molar-refractivity contribution < 1.29 is 4.79 Å². The van der Waals surface area contributed by atoms with E-state index >= 15 is 0 Å². The molecule has 1 amide bonds. The molecule has 1 heterocycles. The second kappa shape index (κ2) is 8.09. The number of aromatic nitrogens is 2. The molecule has 5 heteroatoms. The lowest BCUT2D eigenvalue weighted by Crippen LogP contribution is -2.41. The van der Waals surface area contributed by atoms with Crippen molar-refractivity contribution in [3.8, 4) is 5.69 Å². The molecule has 4 nitrogen and oxygen atoms in total. The highest BCUT2D eigenvalue weighted by molar-refractivity contribution is 7.99. The maximum Gasteiger partial charge on any atom is 0.230 e. The number of benzene rings is 1. The first-order valence-electron chi connectivity index (χ1n) is 9.07. The van der Waals surface area contributed by atoms with Crippen LogP contribution in [0.3, 0.4) is 0 Å². The Morgan fingerprint density at radius 1 is 1.32 bits per heavy atom. The Labute approximate surface area is 154 Å². The van der Waals surface area contributed by atoms with Gasteiger partial charge in [0.15, 0.2) is 5.16 Å². The molecule has 1 aliphatic carbocycles. The molecule has 0 aliphatic heterocycles. The van der Waals surface area contributed by atoms with Crippen molar-refractivity contribution in [3.63, 3.8) is 0 Å². The Kier molecular flexibility index (Phi) is 5.84. The number of nitrogens with zero attached hydrogens (tertiary/aromatic N) is 2. The van der Waals surface area contributed by atoms with E-state index in [-0.39, 0.29) is 5.91 Å². The summed E-state index contributed by atoms with van der Waals surface area (Å²) in [4.78, 5) is 16.8. The Bertz CT molecular complexity index is 740. The number of amides is 1. The highest BCUT2D eigenvalue weighted by Crippen LogP contribution is 2.25. The first-order valence-corrected chi connectivity index (χ1v) is 10.1. The first-order chi connectivity index (χ1) is 12.0. The predicted molar refractivity (Wildman–Crippen MR) is 103 cm³/mol. The van der Waals surface area contributed by atoms with Crippen LogP contribution >= 0.6 is 11.8 Å². The van der Waals surface area contributed by atoms with Gasteiger partial charge in [-0.15, -0.1) is 0 Å². The SMILES string of the molecule is Cc1ccc(-n2ccnc2SCC(=O)N[C@@H]2CCCC[C@@H]2C)c(C)c1. The second-order valence-corrected chi connectivity index (χ2v) is 8.04. The average molecular weight is 358 g/mol. The van der Waals surface area contributed by atoms with Crippen LogP contribution in [0.15, 0.2) is 35.7 Å². The lowest BCUT2D eigenvalue weighted by molar-refractivity contribution is -0.119. The maximum absolute atomic E-state index is 12.3. The molecule has 0 saturated heterocycles. The van der Waals surface area contributed by atoms with E-state index < -0.39 is 0 Å². The number of carbonyl (C=O) groups excluding carboxylic acids is 1. The fourth-order valence-corrected chi connectivity index (χ4v) is 4.34. The fourth-order valence-electron chi connectivity index (χ4n) is 3.56. The minimum atomic E-state index is 0.110. The summed E-state index contributed by atoms with van der Waals surface area (Å²) >= 11 is 1.50. The molecular formula is C20H27N3OS. The zero-order valence-corrected chi connectivity index (χ0v) is 16.1. The van der Waals surface area contributed by atoms with Gasteiger partial charge < -0.3 is 5.32 Å². The van der Waals surface area contributed by atoms with Gasteiger partial charge in [-0.2, -0.15) is 0 Å². The molecule has 0 bridgehead atoms. The van der Waals surface area contributed by atoms with Gasteiger partial charge in [0.1, 0.15) is 0 Å². The largest absolute Gasteiger partial charge is 0.352 e. The summed E-state index contributed by atoms with van der Waals surface area (Å²) < 4.78 is 2.07. The van der Waals surface area contributed by atoms with Gasteiger partial charge in [-0.3, -0.25) is 9.36 Å². The van der Waals surface area contributed by atoms with Crippen molar-refractivity contribution in [1.82, 2.24) is 14.9 Å². The minimum Gasteiger partial charge on any atom is -0.352 e. The number of hydrogen-bond acceptors (Lipinski definition) is 3. The van der Waals surface area contributed by atoms with Gasteiger partial charge in [0.25, 0.3) is 0 Å². The first kappa shape index (κ1) is 18.1. The van der Waals surface area contributed by atoms with Gasteiger partial charge in [0, 0.05) is 18.4 Å². The van der Waals surface area contributed by atoms with Gasteiger partial charge in [-0.05, 0) is 44.2 Å². The van der Waals surface area contributed by atoms with E-state index in [1.165, 1.54) is 42.2 Å². The zero-order chi connectivity index (χ0) is 17.8. The summed E-state index contributed by atoms with van der Waals surface area (Å²) in [6.07, 6.45) is 8.59. The number of imidazole rings is 1. The van der Waals surface area contributed by atoms with Crippen molar-refractivity contribution in [2.75, 3.05) is 5.75 Å². The molecule has 2 aromatic rings. The number of thioether (sulfide) groups is 1. The molecule has 3 rings (SSSR count). The van der Waals surface area contributed by atoms with Crippen LogP contribution in [0.1, 0.15) is 43.7 Å². The zero-order valence-electron chi connectivity index (χ0n) is 15.3. The number of nitrogens with one attached hydrogen (secondary N) is 1. The van der Waals surface area contributed by atoms with Crippen molar-refractivity contribution in [2.45, 2.75) is 57.7 Å². The van der Waals surface area contributed by atoms with Crippen LogP contribution in [0.25, 0.3) is 5.69 Å². The summed E-state index contributed by atoms with van der Waals surface area (Å²) in [5.74, 6) is 1.10. The second-order valence-electron chi connectivity index (χ2n) is 7.09. The fraction of sp³-hybridized carbons (Fsp3) is 0.500. The molecule has 0 unspecified atom stereocenters. The number of aryl methyl sites for hydroxylation is 2. The summed E-state index contributed by atoms with van der Waals surface area (Å²) in [7, 11) is 0. The molecule has 1 fully saturated rings. The molecule has 1 saturated carbocycles. The van der Waals surface area contributed by atoms with Crippen LogP contribution < -0.4 is 5.32 Å². The van der Waals surface area contributed by atoms with E-state index in [0.717, 1.165) is 17.3 Å². The maximum atomic E-state index is 12.3. The monoisotopic (exact) mass is 357 g/mol. The third kappa shape index (κ3) is 4.46. The van der Waals surface area contributed by atoms with Gasteiger partial charge >= 0.3 is 0 Å². The summed E-state index contributed by atoms with van der Waals surface area (Å²) in [5.41, 5.74) is 3.57. The quantitative estimate of drug-likeness (QED) is 0.813. The summed E-state index contributed by atoms with van der Waals surface area (Å²) in [6.45, 7) is 6.44. The highest BCUT2D eigenvalue weighted by atomic mass is 32.2. The summed E-state index contributed by atoms with van der Waals surface area (Å²) in [5, 5.41) is 4.07. The van der Waals surface area contributed by atoms with Crippen molar-refractivity contribution in [1.29, 1.82) is 0 Å². The van der Waals surface area contributed by atoms with E-state index in [2.05, 4.69) is 53.8 Å². The molecule has 25 heavy (non-hydrogen) atoms.